The number of nitrogens with one attached hydrogen (secondary N) is 1. The number of halogens is 1. The number of benzene rings is 1. The second-order valence-corrected chi connectivity index (χ2v) is 4.82. The highest BCUT2D eigenvalue weighted by molar-refractivity contribution is 6.30. The summed E-state index contributed by atoms with van der Waals surface area (Å²) < 4.78 is 1.44. The molecule has 1 amide bonds. The first-order chi connectivity index (χ1) is 9.58. The molecular weight excluding hydrogens is 280 g/mol. The third-order valence-corrected chi connectivity index (χ3v) is 2.96. The van der Waals surface area contributed by atoms with Crippen LogP contribution in [0.2, 0.25) is 5.02 Å². The van der Waals surface area contributed by atoms with Crippen molar-refractivity contribution in [1.82, 2.24) is 15.0 Å². The van der Waals surface area contributed by atoms with Gasteiger partial charge in [-0.2, -0.15) is 0 Å². The van der Waals surface area contributed by atoms with Crippen LogP contribution in [0.25, 0.3) is 0 Å². The number of hydrogen-bond donors (Lipinski definition) is 2. The largest absolute Gasteiger partial charge is 0.396 e. The first-order valence-corrected chi connectivity index (χ1v) is 6.52. The van der Waals surface area contributed by atoms with Crippen LogP contribution in [-0.2, 0) is 17.8 Å². The van der Waals surface area contributed by atoms with E-state index in [0.29, 0.717) is 17.1 Å². The molecule has 0 atom stereocenters. The van der Waals surface area contributed by atoms with Gasteiger partial charge in [-0.1, -0.05) is 16.8 Å². The van der Waals surface area contributed by atoms with Crippen molar-refractivity contribution in [3.63, 3.8) is 0 Å². The molecular formula is C13H15ClN4O2. The molecule has 1 aromatic carbocycles. The van der Waals surface area contributed by atoms with Crippen LogP contribution in [0.15, 0.2) is 24.4 Å². The molecule has 0 aliphatic carbocycles. The van der Waals surface area contributed by atoms with E-state index in [1.807, 2.05) is 6.92 Å². The molecule has 2 aromatic rings. The van der Waals surface area contributed by atoms with E-state index in [1.165, 1.54) is 4.68 Å². The second kappa shape index (κ2) is 6.49. The highest BCUT2D eigenvalue weighted by Crippen LogP contribution is 2.19. The minimum absolute atomic E-state index is 0.00879. The normalized spacial score (nSPS) is 10.6. The lowest BCUT2D eigenvalue weighted by atomic mass is 10.2. The van der Waals surface area contributed by atoms with E-state index in [1.54, 1.807) is 24.4 Å². The van der Waals surface area contributed by atoms with E-state index in [9.17, 15) is 4.79 Å². The van der Waals surface area contributed by atoms with Crippen LogP contribution >= 0.6 is 11.6 Å². The van der Waals surface area contributed by atoms with Gasteiger partial charge in [-0.3, -0.25) is 4.79 Å². The predicted molar refractivity (Wildman–Crippen MR) is 75.6 cm³/mol. The number of carbonyl (C=O) groups is 1. The Kier molecular flexibility index (Phi) is 4.70. The summed E-state index contributed by atoms with van der Waals surface area (Å²) in [6, 6.07) is 5.26. The van der Waals surface area contributed by atoms with Crippen LogP contribution in [0, 0.1) is 6.92 Å². The quantitative estimate of drug-likeness (QED) is 0.874. The zero-order valence-corrected chi connectivity index (χ0v) is 11.8. The molecule has 7 heteroatoms. The molecule has 0 bridgehead atoms. The number of aliphatic hydroxyl groups is 1. The van der Waals surface area contributed by atoms with Crippen LogP contribution in [0.3, 0.4) is 0 Å². The molecule has 0 radical (unpaired) electrons. The van der Waals surface area contributed by atoms with Gasteiger partial charge in [0, 0.05) is 29.9 Å². The Balaban J connectivity index is 1.97. The summed E-state index contributed by atoms with van der Waals surface area (Å²) in [7, 11) is 0. The molecule has 2 N–H and O–H groups in total. The maximum atomic E-state index is 11.9. The number of aryl methyl sites for hydroxylation is 1. The average molecular weight is 295 g/mol. The number of amides is 1. The minimum Gasteiger partial charge on any atom is -0.396 e. The van der Waals surface area contributed by atoms with Crippen molar-refractivity contribution in [3.05, 3.63) is 40.7 Å². The van der Waals surface area contributed by atoms with E-state index in [-0.39, 0.29) is 19.1 Å². The van der Waals surface area contributed by atoms with Crippen molar-refractivity contribution < 1.29 is 9.90 Å². The number of carbonyl (C=O) groups excluding carboxylic acids is 1. The molecule has 0 aliphatic heterocycles. The monoisotopic (exact) mass is 294 g/mol. The van der Waals surface area contributed by atoms with E-state index in [2.05, 4.69) is 15.6 Å². The van der Waals surface area contributed by atoms with Crippen molar-refractivity contribution >= 4 is 23.2 Å². The van der Waals surface area contributed by atoms with Gasteiger partial charge in [-0.15, -0.1) is 5.10 Å². The van der Waals surface area contributed by atoms with Gasteiger partial charge in [0.15, 0.2) is 0 Å². The van der Waals surface area contributed by atoms with E-state index in [4.69, 9.17) is 16.7 Å². The smallest absolute Gasteiger partial charge is 0.246 e. The fourth-order valence-electron chi connectivity index (χ4n) is 1.75. The van der Waals surface area contributed by atoms with Gasteiger partial charge in [0.2, 0.25) is 5.91 Å². The topological polar surface area (TPSA) is 80.0 Å². The number of aliphatic hydroxyl groups excluding tert-OH is 1. The van der Waals surface area contributed by atoms with E-state index in [0.717, 1.165) is 11.3 Å². The molecule has 6 nitrogen and oxygen atoms in total. The zero-order chi connectivity index (χ0) is 14.5. The third-order valence-electron chi connectivity index (χ3n) is 2.72. The van der Waals surface area contributed by atoms with Crippen molar-refractivity contribution in [3.8, 4) is 0 Å². The molecule has 0 saturated heterocycles. The van der Waals surface area contributed by atoms with Gasteiger partial charge in [-0.05, 0) is 30.7 Å². The first-order valence-electron chi connectivity index (χ1n) is 6.14. The SMILES string of the molecule is Cc1cc(Cl)ccc1NC(=O)Cn1cc(CCO)nn1. The Morgan fingerprint density at radius 2 is 2.30 bits per heavy atom. The maximum absolute atomic E-state index is 11.9. The molecule has 2 rings (SSSR count). The minimum atomic E-state index is -0.198. The van der Waals surface area contributed by atoms with E-state index < -0.39 is 0 Å². The van der Waals surface area contributed by atoms with Crippen LogP contribution in [-0.4, -0.2) is 32.6 Å². The van der Waals surface area contributed by atoms with E-state index >= 15 is 0 Å². The standard InChI is InChI=1S/C13H15ClN4O2/c1-9-6-10(14)2-3-12(9)15-13(20)8-18-7-11(4-5-19)16-17-18/h2-3,6-7,19H,4-5,8H2,1H3,(H,15,20). The molecule has 0 aliphatic rings. The molecule has 0 saturated carbocycles. The lowest BCUT2D eigenvalue weighted by molar-refractivity contribution is -0.116. The van der Waals surface area contributed by atoms with Crippen LogP contribution in [0.4, 0.5) is 5.69 Å². The summed E-state index contributed by atoms with van der Waals surface area (Å²) in [6.07, 6.45) is 2.07. The van der Waals surface area contributed by atoms with Crippen LogP contribution in [0.1, 0.15) is 11.3 Å². The number of anilines is 1. The number of aromatic nitrogens is 3. The van der Waals surface area contributed by atoms with Gasteiger partial charge in [0.25, 0.3) is 0 Å². The summed E-state index contributed by atoms with van der Waals surface area (Å²) >= 11 is 5.86. The fourth-order valence-corrected chi connectivity index (χ4v) is 1.98. The summed E-state index contributed by atoms with van der Waals surface area (Å²) in [5.41, 5.74) is 2.27. The van der Waals surface area contributed by atoms with Gasteiger partial charge < -0.3 is 10.4 Å². The number of hydrogen-bond acceptors (Lipinski definition) is 4. The van der Waals surface area contributed by atoms with Crippen molar-refractivity contribution in [2.75, 3.05) is 11.9 Å². The third kappa shape index (κ3) is 3.79. The Morgan fingerprint density at radius 3 is 3.00 bits per heavy atom. The Labute approximate surface area is 121 Å². The number of rotatable bonds is 5. The van der Waals surface area contributed by atoms with Crippen molar-refractivity contribution in [2.45, 2.75) is 19.9 Å². The lowest BCUT2D eigenvalue weighted by Gasteiger charge is -2.08. The first kappa shape index (κ1) is 14.5. The van der Waals surface area contributed by atoms with Gasteiger partial charge in [0.1, 0.15) is 6.54 Å². The maximum Gasteiger partial charge on any atom is 0.246 e. The lowest BCUT2D eigenvalue weighted by Crippen LogP contribution is -2.19. The Hall–Kier alpha value is -1.92. The molecule has 20 heavy (non-hydrogen) atoms. The summed E-state index contributed by atoms with van der Waals surface area (Å²) in [4.78, 5) is 11.9. The molecule has 1 aromatic heterocycles. The summed E-state index contributed by atoms with van der Waals surface area (Å²) in [5.74, 6) is -0.198. The van der Waals surface area contributed by atoms with Gasteiger partial charge in [0.05, 0.1) is 5.69 Å². The molecule has 0 unspecified atom stereocenters. The fraction of sp³-hybridized carbons (Fsp3) is 0.308. The van der Waals surface area contributed by atoms with Crippen molar-refractivity contribution in [2.24, 2.45) is 0 Å². The highest BCUT2D eigenvalue weighted by Gasteiger charge is 2.08. The van der Waals surface area contributed by atoms with Gasteiger partial charge >= 0.3 is 0 Å². The van der Waals surface area contributed by atoms with Crippen molar-refractivity contribution in [1.29, 1.82) is 0 Å². The van der Waals surface area contributed by atoms with Crippen LogP contribution in [0.5, 0.6) is 0 Å². The molecule has 1 heterocycles. The predicted octanol–water partition coefficient (Wildman–Crippen LogP) is 1.41. The van der Waals surface area contributed by atoms with Gasteiger partial charge in [-0.25, -0.2) is 4.68 Å². The Morgan fingerprint density at radius 1 is 1.50 bits per heavy atom. The molecule has 0 fully saturated rings. The zero-order valence-electron chi connectivity index (χ0n) is 11.0. The average Bonchev–Trinajstić information content (AvgIpc) is 2.81. The molecule has 106 valence electrons. The molecule has 0 spiro atoms. The summed E-state index contributed by atoms with van der Waals surface area (Å²) in [6.45, 7) is 1.95. The second-order valence-electron chi connectivity index (χ2n) is 4.39. The van der Waals surface area contributed by atoms with Crippen LogP contribution < -0.4 is 5.32 Å². The Bertz CT molecular complexity index is 612. The highest BCUT2D eigenvalue weighted by atomic mass is 35.5. The summed E-state index contributed by atoms with van der Waals surface area (Å²) in [5, 5.41) is 19.9. The number of nitrogens with zero attached hydrogens (tertiary/aromatic N) is 3.